The van der Waals surface area contributed by atoms with E-state index in [0.29, 0.717) is 17.6 Å². The molecule has 0 N–H and O–H groups in total. The van der Waals surface area contributed by atoms with E-state index in [1.54, 1.807) is 32.9 Å². The van der Waals surface area contributed by atoms with Crippen molar-refractivity contribution in [2.45, 2.75) is 74.1 Å². The monoisotopic (exact) mass is 680 g/mol. The van der Waals surface area contributed by atoms with E-state index < -0.39 is 64.2 Å². The number of alkyl halides is 3. The Bertz CT molecular complexity index is 1190. The third-order valence-corrected chi connectivity index (χ3v) is 7.57. The molecule has 0 unspecified atom stereocenters. The fourth-order valence-electron chi connectivity index (χ4n) is 5.80. The summed E-state index contributed by atoms with van der Waals surface area (Å²) in [7, 11) is 2.95. The smallest absolute Gasteiger partial charge is 0.411 e. The normalized spacial score (nSPS) is 23.5. The Balaban J connectivity index is 2.23. The molecular formula is C29H39Cl3N2O10. The molecule has 15 heteroatoms. The van der Waals surface area contributed by atoms with Gasteiger partial charge in [-0.05, 0) is 45.2 Å². The molecule has 1 fully saturated rings. The number of hydrogen-bond donors (Lipinski definition) is 0. The maximum atomic E-state index is 14.0. The van der Waals surface area contributed by atoms with Crippen LogP contribution in [0.2, 0.25) is 0 Å². The van der Waals surface area contributed by atoms with Gasteiger partial charge in [-0.1, -0.05) is 46.9 Å². The Morgan fingerprint density at radius 2 is 1.73 bits per heavy atom. The molecule has 5 atom stereocenters. The molecule has 1 aromatic carbocycles. The molecule has 12 nitrogen and oxygen atoms in total. The third-order valence-electron chi connectivity index (χ3n) is 7.24. The van der Waals surface area contributed by atoms with Crippen molar-refractivity contribution in [1.29, 1.82) is 0 Å². The highest BCUT2D eigenvalue weighted by atomic mass is 35.6. The summed E-state index contributed by atoms with van der Waals surface area (Å²) in [6.45, 7) is 5.58. The number of aldehydes is 1. The fraction of sp³-hybridized carbons (Fsp3) is 0.655. The number of ether oxygens (including phenoxy) is 6. The Labute approximate surface area is 272 Å². The number of fused-ring (bicyclic) bond motifs is 1. The predicted molar refractivity (Wildman–Crippen MR) is 161 cm³/mol. The van der Waals surface area contributed by atoms with Gasteiger partial charge in [0.1, 0.15) is 37.6 Å². The Hall–Kier alpha value is -2.51. The largest absolute Gasteiger partial charge is 0.496 e. The Morgan fingerprint density at radius 1 is 1.02 bits per heavy atom. The molecular weight excluding hydrogens is 643 g/mol. The van der Waals surface area contributed by atoms with Gasteiger partial charge >= 0.3 is 18.2 Å². The van der Waals surface area contributed by atoms with Crippen LogP contribution in [0.25, 0.3) is 0 Å². The quantitative estimate of drug-likeness (QED) is 0.0844. The zero-order chi connectivity index (χ0) is 32.8. The highest BCUT2D eigenvalue weighted by Crippen LogP contribution is 2.45. The van der Waals surface area contributed by atoms with Crippen LogP contribution >= 0.6 is 34.8 Å². The minimum Gasteiger partial charge on any atom is -0.496 e. The first kappa shape index (κ1) is 36.0. The minimum absolute atomic E-state index is 0.0316. The standard InChI is InChI=1S/C29H39Cl3N2O10/c1-17(36)42-14-22-24-18(8-7-9-23(24)40-6)11-21(34(22)26(37)43-15-29(30,31)32)25-19(13-41-16-39-5)10-20(12-35)33(25)27(38)44-28(2,3)4/h7-9,12,19-22,25H,10-11,13-16H2,1-6H3/t19-,20-,21-,22-,25+/m0/s1. The summed E-state index contributed by atoms with van der Waals surface area (Å²) in [6, 6.07) is 1.88. The molecule has 246 valence electrons. The van der Waals surface area contributed by atoms with Crippen LogP contribution in [0.1, 0.15) is 51.3 Å². The molecule has 1 saturated heterocycles. The van der Waals surface area contributed by atoms with E-state index in [-0.39, 0.29) is 32.8 Å². The molecule has 44 heavy (non-hydrogen) atoms. The number of halogens is 3. The molecule has 0 radical (unpaired) electrons. The van der Waals surface area contributed by atoms with Gasteiger partial charge in [-0.2, -0.15) is 0 Å². The van der Waals surface area contributed by atoms with Crippen molar-refractivity contribution in [2.75, 3.05) is 40.8 Å². The summed E-state index contributed by atoms with van der Waals surface area (Å²) in [5.41, 5.74) is 0.471. The van der Waals surface area contributed by atoms with Crippen molar-refractivity contribution in [2.24, 2.45) is 5.92 Å². The van der Waals surface area contributed by atoms with Crippen molar-refractivity contribution >= 4 is 59.2 Å². The highest BCUT2D eigenvalue weighted by Gasteiger charge is 2.54. The van der Waals surface area contributed by atoms with E-state index in [0.717, 1.165) is 5.56 Å². The topological polar surface area (TPSA) is 130 Å². The second kappa shape index (κ2) is 15.2. The minimum atomic E-state index is -1.92. The number of amides is 2. The van der Waals surface area contributed by atoms with E-state index in [4.69, 9.17) is 63.2 Å². The summed E-state index contributed by atoms with van der Waals surface area (Å²) < 4.78 is 31.1. The lowest BCUT2D eigenvalue weighted by atomic mass is 9.81. The number of esters is 1. The number of carbonyl (C=O) groups excluding carboxylic acids is 4. The molecule has 0 spiro atoms. The third kappa shape index (κ3) is 9.03. The van der Waals surface area contributed by atoms with Gasteiger partial charge < -0.3 is 33.2 Å². The summed E-state index contributed by atoms with van der Waals surface area (Å²) in [6.07, 6.45) is -0.539. The number of carbonyl (C=O) groups is 4. The highest BCUT2D eigenvalue weighted by molar-refractivity contribution is 6.67. The molecule has 2 heterocycles. The van der Waals surface area contributed by atoms with Crippen LogP contribution < -0.4 is 4.74 Å². The molecule has 1 aromatic rings. The first-order chi connectivity index (χ1) is 20.6. The molecule has 0 aromatic heterocycles. The molecule has 0 aliphatic carbocycles. The van der Waals surface area contributed by atoms with Gasteiger partial charge in [0.25, 0.3) is 0 Å². The van der Waals surface area contributed by atoms with Gasteiger partial charge in [-0.3, -0.25) is 14.6 Å². The van der Waals surface area contributed by atoms with Gasteiger partial charge in [-0.25, -0.2) is 9.59 Å². The second-order valence-corrected chi connectivity index (χ2v) is 14.1. The van der Waals surface area contributed by atoms with Crippen LogP contribution in [-0.2, 0) is 39.7 Å². The molecule has 0 saturated carbocycles. The Morgan fingerprint density at radius 3 is 2.30 bits per heavy atom. The van der Waals surface area contributed by atoms with E-state index >= 15 is 0 Å². The number of benzene rings is 1. The van der Waals surface area contributed by atoms with E-state index in [1.165, 1.54) is 30.9 Å². The Kier molecular flexibility index (Phi) is 12.4. The summed E-state index contributed by atoms with van der Waals surface area (Å²) >= 11 is 17.7. The van der Waals surface area contributed by atoms with Gasteiger partial charge in [0.2, 0.25) is 3.79 Å². The summed E-state index contributed by atoms with van der Waals surface area (Å²) in [4.78, 5) is 54.9. The van der Waals surface area contributed by atoms with Crippen LogP contribution in [0.15, 0.2) is 18.2 Å². The zero-order valence-corrected chi connectivity index (χ0v) is 27.8. The van der Waals surface area contributed by atoms with Crippen LogP contribution in [0, 0.1) is 5.92 Å². The fourth-order valence-corrected chi connectivity index (χ4v) is 5.96. The molecule has 2 aliphatic rings. The summed E-state index contributed by atoms with van der Waals surface area (Å²) in [5, 5.41) is 0. The molecule has 3 rings (SSSR count). The zero-order valence-electron chi connectivity index (χ0n) is 25.5. The molecule has 2 aliphatic heterocycles. The number of hydrogen-bond acceptors (Lipinski definition) is 10. The number of methoxy groups -OCH3 is 2. The maximum absolute atomic E-state index is 14.0. The lowest BCUT2D eigenvalue weighted by Gasteiger charge is -2.48. The molecule has 0 bridgehead atoms. The van der Waals surface area contributed by atoms with Gasteiger partial charge in [0.15, 0.2) is 0 Å². The SMILES string of the molecule is COCOC[C@@H]1C[C@@H](C=O)N(C(=O)OC(C)(C)C)[C@H]1[C@@H]1Cc2cccc(OC)c2[C@H](COC(C)=O)N1C(=O)OCC(Cl)(Cl)Cl. The van der Waals surface area contributed by atoms with E-state index in [1.807, 2.05) is 6.07 Å². The van der Waals surface area contributed by atoms with E-state index in [2.05, 4.69) is 0 Å². The second-order valence-electron chi connectivity index (χ2n) is 11.6. The maximum Gasteiger partial charge on any atom is 0.411 e. The number of likely N-dealkylation sites (tertiary alicyclic amines) is 1. The van der Waals surface area contributed by atoms with Crippen molar-refractivity contribution < 1.29 is 47.6 Å². The van der Waals surface area contributed by atoms with Gasteiger partial charge in [0.05, 0.1) is 37.9 Å². The van der Waals surface area contributed by atoms with Gasteiger partial charge in [0, 0.05) is 25.5 Å². The average Bonchev–Trinajstić information content (AvgIpc) is 3.31. The van der Waals surface area contributed by atoms with Crippen LogP contribution in [0.3, 0.4) is 0 Å². The van der Waals surface area contributed by atoms with Crippen LogP contribution in [0.5, 0.6) is 5.75 Å². The number of rotatable bonds is 10. The average molecular weight is 682 g/mol. The van der Waals surface area contributed by atoms with Crippen LogP contribution in [0.4, 0.5) is 9.59 Å². The van der Waals surface area contributed by atoms with E-state index in [9.17, 15) is 19.2 Å². The van der Waals surface area contributed by atoms with Crippen LogP contribution in [-0.4, -0.2) is 103 Å². The molecule has 2 amide bonds. The number of nitrogens with zero attached hydrogens (tertiary/aromatic N) is 2. The first-order valence-electron chi connectivity index (χ1n) is 14.0. The van der Waals surface area contributed by atoms with Crippen molar-refractivity contribution in [3.05, 3.63) is 29.3 Å². The van der Waals surface area contributed by atoms with Crippen molar-refractivity contribution in [3.63, 3.8) is 0 Å². The van der Waals surface area contributed by atoms with Crippen molar-refractivity contribution in [1.82, 2.24) is 9.80 Å². The first-order valence-corrected chi connectivity index (χ1v) is 15.1. The summed E-state index contributed by atoms with van der Waals surface area (Å²) in [5.74, 6) is -0.595. The lowest BCUT2D eigenvalue weighted by molar-refractivity contribution is -0.143. The van der Waals surface area contributed by atoms with Crippen molar-refractivity contribution in [3.8, 4) is 5.75 Å². The van der Waals surface area contributed by atoms with Gasteiger partial charge in [-0.15, -0.1) is 0 Å². The predicted octanol–water partition coefficient (Wildman–Crippen LogP) is 4.85. The lowest BCUT2D eigenvalue weighted by Crippen LogP contribution is -2.61.